The van der Waals surface area contributed by atoms with Gasteiger partial charge in [0.1, 0.15) is 17.6 Å². The third-order valence-electron chi connectivity index (χ3n) is 4.68. The highest BCUT2D eigenvalue weighted by molar-refractivity contribution is 6.40. The third-order valence-corrected chi connectivity index (χ3v) is 4.68. The molecule has 1 atom stereocenters. The van der Waals surface area contributed by atoms with Crippen molar-refractivity contribution >= 4 is 34.2 Å². The molecule has 0 spiro atoms. The number of carbonyl (C=O) groups excluding carboxylic acids is 2. The summed E-state index contributed by atoms with van der Waals surface area (Å²) in [6.45, 7) is 0.305. The summed E-state index contributed by atoms with van der Waals surface area (Å²) in [5.74, 6) is -0.0949. The summed E-state index contributed by atoms with van der Waals surface area (Å²) in [5, 5.41) is 5.91. The van der Waals surface area contributed by atoms with Gasteiger partial charge in [-0.15, -0.1) is 0 Å². The van der Waals surface area contributed by atoms with Crippen LogP contribution in [0.15, 0.2) is 59.7 Å². The van der Waals surface area contributed by atoms with Crippen LogP contribution >= 0.6 is 0 Å². The molecule has 0 aliphatic carbocycles. The van der Waals surface area contributed by atoms with E-state index in [9.17, 15) is 9.59 Å². The van der Waals surface area contributed by atoms with Gasteiger partial charge in [-0.05, 0) is 24.3 Å². The Balaban J connectivity index is 1.53. The van der Waals surface area contributed by atoms with E-state index < -0.39 is 11.9 Å². The number of benzene rings is 2. The number of imidazole rings is 1. The van der Waals surface area contributed by atoms with Crippen LogP contribution in [0.4, 0.5) is 5.69 Å². The van der Waals surface area contributed by atoms with Crippen molar-refractivity contribution in [2.75, 3.05) is 12.1 Å². The number of H-pyrrole nitrogens is 1. The quantitative estimate of drug-likeness (QED) is 0.706. The predicted molar refractivity (Wildman–Crippen MR) is 107 cm³/mol. The van der Waals surface area contributed by atoms with Crippen LogP contribution in [0, 0.1) is 0 Å². The van der Waals surface area contributed by atoms with Crippen molar-refractivity contribution in [3.8, 4) is 0 Å². The molecule has 1 aliphatic rings. The first-order valence-corrected chi connectivity index (χ1v) is 8.93. The highest BCUT2D eigenvalue weighted by atomic mass is 16.2. The molecule has 4 rings (SSSR count). The van der Waals surface area contributed by atoms with Crippen LogP contribution in [0.5, 0.6) is 0 Å². The Hall–Kier alpha value is -3.68. The molecule has 28 heavy (non-hydrogen) atoms. The van der Waals surface area contributed by atoms with E-state index in [1.165, 1.54) is 9.91 Å². The molecule has 2 amide bonds. The Morgan fingerprint density at radius 2 is 1.89 bits per heavy atom. The lowest BCUT2D eigenvalue weighted by atomic mass is 10.1. The summed E-state index contributed by atoms with van der Waals surface area (Å²) in [4.78, 5) is 34.0. The van der Waals surface area contributed by atoms with Crippen molar-refractivity contribution in [3.63, 3.8) is 0 Å². The lowest BCUT2D eigenvalue weighted by molar-refractivity contribution is -0.123. The molecule has 0 fully saturated rings. The van der Waals surface area contributed by atoms with E-state index in [1.807, 2.05) is 54.6 Å². The lowest BCUT2D eigenvalue weighted by Crippen LogP contribution is -2.40. The van der Waals surface area contributed by atoms with Gasteiger partial charge in [0.2, 0.25) is 5.91 Å². The number of aromatic nitrogens is 2. The molecule has 0 radical (unpaired) electrons. The van der Waals surface area contributed by atoms with Gasteiger partial charge in [-0.25, -0.2) is 4.98 Å². The number of hydrogen-bond donors (Lipinski definition) is 2. The van der Waals surface area contributed by atoms with Crippen LogP contribution in [0.3, 0.4) is 0 Å². The Labute approximate surface area is 161 Å². The zero-order chi connectivity index (χ0) is 19.7. The maximum absolute atomic E-state index is 12.9. The van der Waals surface area contributed by atoms with Gasteiger partial charge in [-0.3, -0.25) is 14.6 Å². The molecule has 8 nitrogen and oxygen atoms in total. The number of nitrogens with one attached hydrogen (secondary N) is 1. The normalized spacial score (nSPS) is 16.2. The minimum absolute atomic E-state index is 0.174. The van der Waals surface area contributed by atoms with Crippen LogP contribution in [0.1, 0.15) is 12.2 Å². The fraction of sp³-hybridized carbons (Fsp3) is 0.200. The average molecular weight is 376 g/mol. The number of hydrazone groups is 1. The fourth-order valence-electron chi connectivity index (χ4n) is 3.28. The molecule has 2 heterocycles. The number of nitrogens with two attached hydrogens (primary N) is 1. The number of rotatable bonds is 5. The third kappa shape index (κ3) is 3.32. The number of amides is 2. The molecule has 8 heteroatoms. The first-order chi connectivity index (χ1) is 13.5. The molecule has 3 N–H and O–H groups in total. The van der Waals surface area contributed by atoms with Crippen LogP contribution in [0.25, 0.3) is 11.0 Å². The minimum Gasteiger partial charge on any atom is -0.368 e. The minimum atomic E-state index is -0.680. The first kappa shape index (κ1) is 17.7. The lowest BCUT2D eigenvalue weighted by Gasteiger charge is -2.20. The maximum atomic E-state index is 12.9. The number of nitrogens with zero attached hydrogens (tertiary/aromatic N) is 4. The molecule has 1 aromatic heterocycles. The number of carbonyl (C=O) groups is 2. The highest BCUT2D eigenvalue weighted by Crippen LogP contribution is 2.25. The second kappa shape index (κ2) is 7.15. The van der Waals surface area contributed by atoms with E-state index in [0.717, 1.165) is 11.0 Å². The van der Waals surface area contributed by atoms with E-state index in [2.05, 4.69) is 15.1 Å². The van der Waals surface area contributed by atoms with E-state index >= 15 is 0 Å². The van der Waals surface area contributed by atoms with Crippen LogP contribution in [0.2, 0.25) is 0 Å². The molecule has 1 aliphatic heterocycles. The molecule has 2 aromatic carbocycles. The van der Waals surface area contributed by atoms with Gasteiger partial charge in [0.05, 0.1) is 23.3 Å². The number of aromatic amines is 1. The van der Waals surface area contributed by atoms with Gasteiger partial charge >= 0.3 is 0 Å². The summed E-state index contributed by atoms with van der Waals surface area (Å²) in [6.07, 6.45) is 0.174. The van der Waals surface area contributed by atoms with Gasteiger partial charge in [0.25, 0.3) is 5.91 Å². The topological polar surface area (TPSA) is 108 Å². The van der Waals surface area contributed by atoms with E-state index in [0.29, 0.717) is 23.8 Å². The van der Waals surface area contributed by atoms with Crippen molar-refractivity contribution in [1.29, 1.82) is 0 Å². The summed E-state index contributed by atoms with van der Waals surface area (Å²) in [5.41, 5.74) is 8.32. The van der Waals surface area contributed by atoms with Crippen molar-refractivity contribution in [2.45, 2.75) is 19.0 Å². The van der Waals surface area contributed by atoms with Gasteiger partial charge in [0.15, 0.2) is 0 Å². The van der Waals surface area contributed by atoms with Crippen molar-refractivity contribution in [1.82, 2.24) is 14.9 Å². The molecule has 0 saturated heterocycles. The van der Waals surface area contributed by atoms with Crippen molar-refractivity contribution in [3.05, 3.63) is 60.4 Å². The molecule has 0 unspecified atom stereocenters. The van der Waals surface area contributed by atoms with E-state index in [-0.39, 0.29) is 12.3 Å². The zero-order valence-corrected chi connectivity index (χ0v) is 15.4. The molecule has 0 saturated carbocycles. The van der Waals surface area contributed by atoms with E-state index in [1.54, 1.807) is 7.05 Å². The average Bonchev–Trinajstić information content (AvgIpc) is 3.32. The summed E-state index contributed by atoms with van der Waals surface area (Å²) in [7, 11) is 1.68. The summed E-state index contributed by atoms with van der Waals surface area (Å²) in [6, 6.07) is 16.2. The Kier molecular flexibility index (Phi) is 4.52. The standard InChI is InChI=1S/C20H20N6O2/c1-25(12-18-22-14-9-5-6-10-15(14)23-18)20(28)16-11-17(19(21)27)26(24-16)13-7-3-2-4-8-13/h2-10,17H,11-12H2,1H3,(H2,21,27)(H,22,23)/t17-/m1/s1. The molecular formula is C20H20N6O2. The second-order valence-electron chi connectivity index (χ2n) is 6.71. The first-order valence-electron chi connectivity index (χ1n) is 8.93. The predicted octanol–water partition coefficient (Wildman–Crippen LogP) is 1.64. The number of primary amides is 1. The van der Waals surface area contributed by atoms with Crippen molar-refractivity contribution in [2.24, 2.45) is 10.8 Å². The fourth-order valence-corrected chi connectivity index (χ4v) is 3.28. The SMILES string of the molecule is CN(Cc1nc2ccccc2[nH]1)C(=O)C1=NN(c2ccccc2)[C@@H](C(N)=O)C1. The number of anilines is 1. The summed E-state index contributed by atoms with van der Waals surface area (Å²) >= 11 is 0. The monoisotopic (exact) mass is 376 g/mol. The second-order valence-corrected chi connectivity index (χ2v) is 6.71. The summed E-state index contributed by atoms with van der Waals surface area (Å²) < 4.78 is 0. The smallest absolute Gasteiger partial charge is 0.270 e. The Morgan fingerprint density at radius 3 is 2.61 bits per heavy atom. The Bertz CT molecular complexity index is 1030. The number of para-hydroxylation sites is 3. The van der Waals surface area contributed by atoms with Gasteiger partial charge in [0, 0.05) is 13.5 Å². The van der Waals surface area contributed by atoms with Crippen LogP contribution in [-0.4, -0.2) is 45.5 Å². The molecular weight excluding hydrogens is 356 g/mol. The number of fused-ring (bicyclic) bond motifs is 1. The molecule has 0 bridgehead atoms. The maximum Gasteiger partial charge on any atom is 0.270 e. The molecule has 142 valence electrons. The van der Waals surface area contributed by atoms with E-state index in [4.69, 9.17) is 5.73 Å². The van der Waals surface area contributed by atoms with Gasteiger partial charge in [-0.2, -0.15) is 5.10 Å². The Morgan fingerprint density at radius 1 is 1.18 bits per heavy atom. The molecule has 3 aromatic rings. The van der Waals surface area contributed by atoms with Crippen LogP contribution in [-0.2, 0) is 16.1 Å². The van der Waals surface area contributed by atoms with Gasteiger partial charge < -0.3 is 15.6 Å². The highest BCUT2D eigenvalue weighted by Gasteiger charge is 2.36. The van der Waals surface area contributed by atoms with Crippen LogP contribution < -0.4 is 10.7 Å². The zero-order valence-electron chi connectivity index (χ0n) is 15.4. The number of hydrogen-bond acceptors (Lipinski definition) is 5. The van der Waals surface area contributed by atoms with Crippen molar-refractivity contribution < 1.29 is 9.59 Å². The van der Waals surface area contributed by atoms with Gasteiger partial charge in [-0.1, -0.05) is 30.3 Å². The largest absolute Gasteiger partial charge is 0.368 e.